The van der Waals surface area contributed by atoms with Crippen LogP contribution in [0.4, 0.5) is 0 Å². The largest absolute Gasteiger partial charge is 0.351 e. The van der Waals surface area contributed by atoms with Gasteiger partial charge in [0.1, 0.15) is 0 Å². The second-order valence-electron chi connectivity index (χ2n) is 3.47. The molecular formula is C11H13BrClNO. The number of halogens is 2. The lowest BCUT2D eigenvalue weighted by Gasteiger charge is -2.08. The van der Waals surface area contributed by atoms with E-state index in [-0.39, 0.29) is 11.3 Å². The van der Waals surface area contributed by atoms with Crippen LogP contribution in [0.25, 0.3) is 0 Å². The zero-order valence-electron chi connectivity index (χ0n) is 8.68. The van der Waals surface area contributed by atoms with E-state index in [0.29, 0.717) is 12.1 Å². The Kier molecular flexibility index (Phi) is 4.61. The van der Waals surface area contributed by atoms with Gasteiger partial charge in [-0.25, -0.2) is 0 Å². The highest BCUT2D eigenvalue weighted by molar-refractivity contribution is 9.10. The van der Waals surface area contributed by atoms with Crippen molar-refractivity contribution in [2.45, 2.75) is 19.2 Å². The number of aryl methyl sites for hydroxylation is 1. The first-order chi connectivity index (χ1) is 7.00. The third-order valence-electron chi connectivity index (χ3n) is 1.91. The van der Waals surface area contributed by atoms with Crippen molar-refractivity contribution in [3.8, 4) is 0 Å². The van der Waals surface area contributed by atoms with Gasteiger partial charge >= 0.3 is 0 Å². The Morgan fingerprint density at radius 3 is 2.80 bits per heavy atom. The maximum atomic E-state index is 11.7. The molecule has 0 aromatic heterocycles. The maximum absolute atomic E-state index is 11.7. The average molecular weight is 291 g/mol. The number of carbonyl (C=O) groups excluding carboxylic acids is 1. The average Bonchev–Trinajstić information content (AvgIpc) is 2.14. The number of alkyl halides is 1. The van der Waals surface area contributed by atoms with Crippen molar-refractivity contribution in [3.63, 3.8) is 0 Å². The molecule has 1 aromatic carbocycles. The Labute approximate surface area is 103 Å². The topological polar surface area (TPSA) is 29.1 Å². The zero-order chi connectivity index (χ0) is 11.4. The molecule has 1 unspecified atom stereocenters. The van der Waals surface area contributed by atoms with Gasteiger partial charge in [-0.15, -0.1) is 11.6 Å². The predicted octanol–water partition coefficient (Wildman–Crippen LogP) is 3.11. The Hall–Kier alpha value is -0.540. The van der Waals surface area contributed by atoms with Crippen molar-refractivity contribution in [1.82, 2.24) is 5.32 Å². The van der Waals surface area contributed by atoms with Gasteiger partial charge in [-0.05, 0) is 47.5 Å². The molecule has 0 radical (unpaired) electrons. The van der Waals surface area contributed by atoms with Crippen molar-refractivity contribution < 1.29 is 4.79 Å². The molecule has 4 heteroatoms. The number of amides is 1. The molecule has 0 aliphatic heterocycles. The number of carbonyl (C=O) groups is 1. The molecule has 1 amide bonds. The molecule has 0 saturated heterocycles. The van der Waals surface area contributed by atoms with Crippen molar-refractivity contribution in [2.24, 2.45) is 0 Å². The summed E-state index contributed by atoms with van der Waals surface area (Å²) in [7, 11) is 0. The number of hydrogen-bond donors (Lipinski definition) is 1. The van der Waals surface area contributed by atoms with Gasteiger partial charge < -0.3 is 5.32 Å². The highest BCUT2D eigenvalue weighted by Gasteiger charge is 2.09. The Morgan fingerprint density at radius 2 is 2.27 bits per heavy atom. The lowest BCUT2D eigenvalue weighted by molar-refractivity contribution is 0.0953. The SMILES string of the molecule is Cc1ccc(C(=O)NCC(C)Cl)c(Br)c1. The van der Waals surface area contributed by atoms with Gasteiger partial charge in [-0.1, -0.05) is 6.07 Å². The highest BCUT2D eigenvalue weighted by atomic mass is 79.9. The number of benzene rings is 1. The molecule has 0 heterocycles. The van der Waals surface area contributed by atoms with Crippen LogP contribution < -0.4 is 5.32 Å². The fourth-order valence-corrected chi connectivity index (χ4v) is 1.88. The Balaban J connectivity index is 2.74. The summed E-state index contributed by atoms with van der Waals surface area (Å²) in [4.78, 5) is 11.7. The van der Waals surface area contributed by atoms with E-state index in [0.717, 1.165) is 10.0 Å². The summed E-state index contributed by atoms with van der Waals surface area (Å²) in [5.41, 5.74) is 1.75. The van der Waals surface area contributed by atoms with Gasteiger partial charge in [-0.2, -0.15) is 0 Å². The maximum Gasteiger partial charge on any atom is 0.252 e. The zero-order valence-corrected chi connectivity index (χ0v) is 11.0. The normalized spacial score (nSPS) is 12.3. The molecule has 0 spiro atoms. The Bertz CT molecular complexity index is 366. The molecule has 0 aliphatic carbocycles. The van der Waals surface area contributed by atoms with Crippen LogP contribution in [0.3, 0.4) is 0 Å². The van der Waals surface area contributed by atoms with E-state index in [1.54, 1.807) is 6.07 Å². The van der Waals surface area contributed by atoms with Crippen LogP contribution in [0.1, 0.15) is 22.8 Å². The van der Waals surface area contributed by atoms with Crippen LogP contribution in [0, 0.1) is 6.92 Å². The minimum Gasteiger partial charge on any atom is -0.351 e. The van der Waals surface area contributed by atoms with Gasteiger partial charge in [0.05, 0.1) is 5.56 Å². The smallest absolute Gasteiger partial charge is 0.252 e. The summed E-state index contributed by atoms with van der Waals surface area (Å²) in [5.74, 6) is -0.102. The predicted molar refractivity (Wildman–Crippen MR) is 66.5 cm³/mol. The molecule has 1 atom stereocenters. The third kappa shape index (κ3) is 3.84. The molecule has 1 N–H and O–H groups in total. The molecule has 1 aromatic rings. The molecule has 1 rings (SSSR count). The van der Waals surface area contributed by atoms with Crippen molar-refractivity contribution in [2.75, 3.05) is 6.54 Å². The second kappa shape index (κ2) is 5.52. The Morgan fingerprint density at radius 1 is 1.60 bits per heavy atom. The van der Waals surface area contributed by atoms with Gasteiger partial charge in [0.2, 0.25) is 0 Å². The summed E-state index contributed by atoms with van der Waals surface area (Å²) >= 11 is 9.11. The fraction of sp³-hybridized carbons (Fsp3) is 0.364. The van der Waals surface area contributed by atoms with E-state index in [9.17, 15) is 4.79 Å². The van der Waals surface area contributed by atoms with Crippen molar-refractivity contribution in [3.05, 3.63) is 33.8 Å². The van der Waals surface area contributed by atoms with Gasteiger partial charge in [-0.3, -0.25) is 4.79 Å². The first-order valence-corrected chi connectivity index (χ1v) is 5.92. The van der Waals surface area contributed by atoms with E-state index in [2.05, 4.69) is 21.2 Å². The van der Waals surface area contributed by atoms with E-state index in [4.69, 9.17) is 11.6 Å². The number of rotatable bonds is 3. The summed E-state index contributed by atoms with van der Waals surface area (Å²) in [5, 5.41) is 2.70. The summed E-state index contributed by atoms with van der Waals surface area (Å²) < 4.78 is 0.808. The van der Waals surface area contributed by atoms with Crippen LogP contribution in [-0.4, -0.2) is 17.8 Å². The molecule has 82 valence electrons. The van der Waals surface area contributed by atoms with E-state index >= 15 is 0 Å². The van der Waals surface area contributed by atoms with Crippen molar-refractivity contribution in [1.29, 1.82) is 0 Å². The summed E-state index contributed by atoms with van der Waals surface area (Å²) in [6.07, 6.45) is 0. The lowest BCUT2D eigenvalue weighted by atomic mass is 10.1. The lowest BCUT2D eigenvalue weighted by Crippen LogP contribution is -2.28. The minimum absolute atomic E-state index is 0.0572. The number of hydrogen-bond acceptors (Lipinski definition) is 1. The molecule has 15 heavy (non-hydrogen) atoms. The fourth-order valence-electron chi connectivity index (χ4n) is 1.13. The first kappa shape index (κ1) is 12.5. The molecule has 0 aliphatic rings. The molecule has 0 fully saturated rings. The monoisotopic (exact) mass is 289 g/mol. The van der Waals surface area contributed by atoms with Crippen LogP contribution in [0.15, 0.2) is 22.7 Å². The van der Waals surface area contributed by atoms with E-state index in [1.165, 1.54) is 0 Å². The van der Waals surface area contributed by atoms with Gasteiger partial charge in [0.15, 0.2) is 0 Å². The van der Waals surface area contributed by atoms with Crippen LogP contribution >= 0.6 is 27.5 Å². The molecule has 2 nitrogen and oxygen atoms in total. The molecule has 0 bridgehead atoms. The first-order valence-electron chi connectivity index (χ1n) is 4.69. The third-order valence-corrected chi connectivity index (χ3v) is 2.72. The van der Waals surface area contributed by atoms with Crippen LogP contribution in [0.2, 0.25) is 0 Å². The van der Waals surface area contributed by atoms with Crippen molar-refractivity contribution >= 4 is 33.4 Å². The summed E-state index contributed by atoms with van der Waals surface area (Å²) in [6.45, 7) is 4.29. The van der Waals surface area contributed by atoms with Gasteiger partial charge in [0, 0.05) is 16.4 Å². The highest BCUT2D eigenvalue weighted by Crippen LogP contribution is 2.18. The van der Waals surface area contributed by atoms with E-state index < -0.39 is 0 Å². The quantitative estimate of drug-likeness (QED) is 0.852. The molecular weight excluding hydrogens is 277 g/mol. The van der Waals surface area contributed by atoms with Crippen LogP contribution in [-0.2, 0) is 0 Å². The number of nitrogens with one attached hydrogen (secondary N) is 1. The van der Waals surface area contributed by atoms with E-state index in [1.807, 2.05) is 26.0 Å². The second-order valence-corrected chi connectivity index (χ2v) is 5.07. The standard InChI is InChI=1S/C11H13BrClNO/c1-7-3-4-9(10(12)5-7)11(15)14-6-8(2)13/h3-5,8H,6H2,1-2H3,(H,14,15). The van der Waals surface area contributed by atoms with Gasteiger partial charge in [0.25, 0.3) is 5.91 Å². The minimum atomic E-state index is -0.102. The molecule has 0 saturated carbocycles. The summed E-state index contributed by atoms with van der Waals surface area (Å²) in [6, 6.07) is 5.62. The van der Waals surface area contributed by atoms with Crippen LogP contribution in [0.5, 0.6) is 0 Å².